The summed E-state index contributed by atoms with van der Waals surface area (Å²) in [6.07, 6.45) is 0.757. The number of hydrogen-bond donors (Lipinski definition) is 1. The predicted molar refractivity (Wildman–Crippen MR) is 86.0 cm³/mol. The average molecular weight is 339 g/mol. The van der Waals surface area contributed by atoms with Crippen LogP contribution in [0.1, 0.15) is 32.3 Å². The maximum Gasteiger partial charge on any atom is 0.408 e. The van der Waals surface area contributed by atoms with Crippen LogP contribution >= 0.6 is 0 Å². The van der Waals surface area contributed by atoms with Crippen molar-refractivity contribution in [3.05, 3.63) is 35.9 Å². The number of rotatable bonds is 4. The first-order chi connectivity index (χ1) is 10.5. The number of sulfone groups is 1. The average Bonchev–Trinajstić information content (AvgIpc) is 3.06. The molecule has 0 saturated heterocycles. The summed E-state index contributed by atoms with van der Waals surface area (Å²) >= 11 is 0. The van der Waals surface area contributed by atoms with Crippen molar-refractivity contribution in [2.24, 2.45) is 0 Å². The predicted octanol–water partition coefficient (Wildman–Crippen LogP) is 1.66. The molecule has 0 unspecified atom stereocenters. The Morgan fingerprint density at radius 1 is 1.26 bits per heavy atom. The zero-order valence-corrected chi connectivity index (χ0v) is 14.4. The van der Waals surface area contributed by atoms with E-state index in [1.165, 1.54) is 0 Å². The van der Waals surface area contributed by atoms with Gasteiger partial charge in [0.2, 0.25) is 0 Å². The quantitative estimate of drug-likeness (QED) is 0.843. The number of nitrogens with one attached hydrogen (secondary N) is 1. The second-order valence-electron chi connectivity index (χ2n) is 6.82. The molecule has 1 amide bonds. The summed E-state index contributed by atoms with van der Waals surface area (Å²) in [7, 11) is -3.54. The van der Waals surface area contributed by atoms with Crippen molar-refractivity contribution in [1.29, 1.82) is 0 Å². The van der Waals surface area contributed by atoms with E-state index >= 15 is 0 Å². The van der Waals surface area contributed by atoms with Crippen LogP contribution in [0.25, 0.3) is 0 Å². The minimum absolute atomic E-state index is 0.500. The van der Waals surface area contributed by atoms with E-state index in [9.17, 15) is 18.0 Å². The molecule has 1 aliphatic carbocycles. The minimum Gasteiger partial charge on any atom is -0.444 e. The molecule has 3 atom stereocenters. The highest BCUT2D eigenvalue weighted by molar-refractivity contribution is 7.91. The van der Waals surface area contributed by atoms with Gasteiger partial charge in [-0.3, -0.25) is 0 Å². The summed E-state index contributed by atoms with van der Waals surface area (Å²) < 4.78 is 29.3. The largest absolute Gasteiger partial charge is 0.444 e. The number of ether oxygens (including phenoxy) is 1. The molecule has 1 N–H and O–H groups in total. The first-order valence-corrected chi connectivity index (χ1v) is 9.18. The number of benzene rings is 1. The van der Waals surface area contributed by atoms with Crippen LogP contribution in [0.5, 0.6) is 0 Å². The molecule has 0 spiro atoms. The van der Waals surface area contributed by atoms with Crippen LogP contribution in [0.3, 0.4) is 0 Å². The highest BCUT2D eigenvalue weighted by atomic mass is 32.2. The van der Waals surface area contributed by atoms with Crippen molar-refractivity contribution in [3.63, 3.8) is 0 Å². The van der Waals surface area contributed by atoms with E-state index in [1.807, 2.05) is 0 Å². The number of carbonyl (C=O) groups is 2. The minimum atomic E-state index is -3.54. The molecule has 0 aliphatic heterocycles. The van der Waals surface area contributed by atoms with Gasteiger partial charge < -0.3 is 14.8 Å². The number of hydrogen-bond acceptors (Lipinski definition) is 5. The van der Waals surface area contributed by atoms with Crippen LogP contribution in [-0.4, -0.2) is 43.4 Å². The smallest absolute Gasteiger partial charge is 0.408 e. The van der Waals surface area contributed by atoms with Crippen LogP contribution in [0.2, 0.25) is 0 Å². The maximum absolute atomic E-state index is 12.1. The van der Waals surface area contributed by atoms with Gasteiger partial charge in [0.1, 0.15) is 22.7 Å². The molecule has 1 aliphatic rings. The van der Waals surface area contributed by atoms with Crippen LogP contribution in [0, 0.1) is 0 Å². The Kier molecular flexibility index (Phi) is 4.28. The highest BCUT2D eigenvalue weighted by Crippen LogP contribution is 2.54. The third-order valence-corrected chi connectivity index (χ3v) is 5.30. The summed E-state index contributed by atoms with van der Waals surface area (Å²) in [5.41, 5.74) is -1.55. The molecule has 1 aromatic carbocycles. The molecule has 0 radical (unpaired) electrons. The zero-order valence-electron chi connectivity index (χ0n) is 13.6. The fourth-order valence-electron chi connectivity index (χ4n) is 2.89. The first kappa shape index (κ1) is 17.5. The lowest BCUT2D eigenvalue weighted by Gasteiger charge is -2.22. The van der Waals surface area contributed by atoms with Gasteiger partial charge in [-0.25, -0.2) is 13.2 Å². The molecule has 1 aromatic rings. The van der Waals surface area contributed by atoms with E-state index in [2.05, 4.69) is 5.32 Å². The fraction of sp³-hybridized carbons (Fsp3) is 0.500. The topological polar surface area (TPSA) is 89.5 Å². The van der Waals surface area contributed by atoms with Gasteiger partial charge in [-0.15, -0.1) is 0 Å². The number of aldehydes is 1. The summed E-state index contributed by atoms with van der Waals surface area (Å²) in [6.45, 7) is 5.07. The van der Waals surface area contributed by atoms with Gasteiger partial charge in [-0.1, -0.05) is 30.3 Å². The van der Waals surface area contributed by atoms with Gasteiger partial charge in [0, 0.05) is 12.2 Å². The van der Waals surface area contributed by atoms with E-state index in [0.717, 1.165) is 6.26 Å². The van der Waals surface area contributed by atoms with Crippen molar-refractivity contribution in [1.82, 2.24) is 5.32 Å². The van der Waals surface area contributed by atoms with Crippen molar-refractivity contribution in [2.75, 3.05) is 6.26 Å². The van der Waals surface area contributed by atoms with Crippen LogP contribution in [-0.2, 0) is 19.4 Å². The number of carbonyl (C=O) groups excluding carboxylic acids is 2. The van der Waals surface area contributed by atoms with Crippen molar-refractivity contribution in [2.45, 2.75) is 43.1 Å². The Hall–Kier alpha value is -1.89. The molecule has 0 heterocycles. The van der Waals surface area contributed by atoms with E-state index in [1.54, 1.807) is 51.1 Å². The molecule has 2 rings (SSSR count). The third kappa shape index (κ3) is 3.55. The van der Waals surface area contributed by atoms with Gasteiger partial charge in [0.15, 0.2) is 9.84 Å². The summed E-state index contributed by atoms with van der Waals surface area (Å²) in [5.74, 6) is -0.622. The molecule has 7 heteroatoms. The van der Waals surface area contributed by atoms with Crippen molar-refractivity contribution < 1.29 is 22.7 Å². The third-order valence-electron chi connectivity index (χ3n) is 3.71. The molecule has 0 aromatic heterocycles. The van der Waals surface area contributed by atoms with Gasteiger partial charge in [0.25, 0.3) is 0 Å². The highest BCUT2D eigenvalue weighted by Gasteiger charge is 2.71. The van der Waals surface area contributed by atoms with E-state index < -0.39 is 38.2 Å². The Labute approximate surface area is 136 Å². The molecule has 126 valence electrons. The Bertz CT molecular complexity index is 708. The van der Waals surface area contributed by atoms with Gasteiger partial charge >= 0.3 is 6.09 Å². The van der Waals surface area contributed by atoms with Crippen LogP contribution in [0.15, 0.2) is 30.3 Å². The lowest BCUT2D eigenvalue weighted by atomic mass is 10.1. The van der Waals surface area contributed by atoms with E-state index in [0.29, 0.717) is 11.8 Å². The maximum atomic E-state index is 12.1. The zero-order chi connectivity index (χ0) is 17.5. The molecule has 23 heavy (non-hydrogen) atoms. The van der Waals surface area contributed by atoms with E-state index in [-0.39, 0.29) is 0 Å². The van der Waals surface area contributed by atoms with Crippen LogP contribution < -0.4 is 5.32 Å². The van der Waals surface area contributed by atoms with Crippen LogP contribution in [0.4, 0.5) is 4.79 Å². The molecule has 1 saturated carbocycles. The Balaban J connectivity index is 2.35. The molecule has 0 bridgehead atoms. The molecule has 1 fully saturated rings. The normalized spacial score (nSPS) is 27.1. The Morgan fingerprint density at radius 2 is 1.83 bits per heavy atom. The second-order valence-corrected chi connectivity index (χ2v) is 8.98. The SMILES string of the molecule is CC(C)(C)OC(=O)N[C@]1(C=O)[C@@H](c2ccccc2)[C@@H]1S(C)(=O)=O. The van der Waals surface area contributed by atoms with Crippen molar-refractivity contribution >= 4 is 22.2 Å². The molecular weight excluding hydrogens is 318 g/mol. The molecular formula is C16H21NO5S. The van der Waals surface area contributed by atoms with Gasteiger partial charge in [0.05, 0.1) is 0 Å². The van der Waals surface area contributed by atoms with Crippen molar-refractivity contribution in [3.8, 4) is 0 Å². The summed E-state index contributed by atoms with van der Waals surface area (Å²) in [5, 5.41) is 1.47. The monoisotopic (exact) mass is 339 g/mol. The van der Waals surface area contributed by atoms with Gasteiger partial charge in [-0.05, 0) is 26.3 Å². The first-order valence-electron chi connectivity index (χ1n) is 7.22. The molecule has 6 nitrogen and oxygen atoms in total. The Morgan fingerprint density at radius 3 is 2.26 bits per heavy atom. The second kappa shape index (κ2) is 5.63. The summed E-state index contributed by atoms with van der Waals surface area (Å²) in [4.78, 5) is 23.7. The number of amides is 1. The summed E-state index contributed by atoms with van der Waals surface area (Å²) in [6, 6.07) is 8.80. The van der Waals surface area contributed by atoms with Gasteiger partial charge in [-0.2, -0.15) is 0 Å². The lowest BCUT2D eigenvalue weighted by Crippen LogP contribution is -2.45. The number of alkyl carbamates (subject to hydrolysis) is 1. The fourth-order valence-corrected chi connectivity index (χ4v) is 4.65. The standard InChI is InChI=1S/C16H21NO5S/c1-15(2,3)22-14(19)17-16(10-18)12(13(16)23(4,20)21)11-8-6-5-7-9-11/h5-10,12-13H,1-4H3,(H,17,19)/t12-,13-,16+/m0/s1. The van der Waals surface area contributed by atoms with E-state index in [4.69, 9.17) is 4.74 Å². The lowest BCUT2D eigenvalue weighted by molar-refractivity contribution is -0.110.